The number of fused-ring (bicyclic) bond motifs is 1. The van der Waals surface area contributed by atoms with Gasteiger partial charge in [-0.1, -0.05) is 18.2 Å². The molecule has 6 heteroatoms. The van der Waals surface area contributed by atoms with Crippen LogP contribution in [0.4, 0.5) is 11.4 Å². The van der Waals surface area contributed by atoms with E-state index in [2.05, 4.69) is 5.32 Å². The molecular formula is C21H25N3O3. The van der Waals surface area contributed by atoms with Crippen LogP contribution < -0.4 is 15.0 Å². The zero-order valence-corrected chi connectivity index (χ0v) is 16.2. The fourth-order valence-electron chi connectivity index (χ4n) is 3.04. The third-order valence-corrected chi connectivity index (χ3v) is 4.59. The van der Waals surface area contributed by atoms with Crippen molar-refractivity contribution >= 4 is 23.2 Å². The van der Waals surface area contributed by atoms with Crippen LogP contribution >= 0.6 is 0 Å². The molecule has 1 atom stereocenters. The van der Waals surface area contributed by atoms with E-state index in [4.69, 9.17) is 4.74 Å². The van der Waals surface area contributed by atoms with Crippen molar-refractivity contribution in [1.82, 2.24) is 4.90 Å². The SMILES string of the molecule is Cc1ccccc1C(=O)Nc1ccc2c(c1)N(CCN(C)C)C(=O)C(C)O2. The van der Waals surface area contributed by atoms with Crippen LogP contribution in [0.5, 0.6) is 5.75 Å². The Morgan fingerprint density at radius 3 is 2.67 bits per heavy atom. The summed E-state index contributed by atoms with van der Waals surface area (Å²) in [5.41, 5.74) is 2.85. The third-order valence-electron chi connectivity index (χ3n) is 4.59. The largest absolute Gasteiger partial charge is 0.479 e. The van der Waals surface area contributed by atoms with Gasteiger partial charge >= 0.3 is 0 Å². The van der Waals surface area contributed by atoms with Crippen molar-refractivity contribution in [1.29, 1.82) is 0 Å². The van der Waals surface area contributed by atoms with Crippen molar-refractivity contribution in [2.45, 2.75) is 20.0 Å². The predicted octanol–water partition coefficient (Wildman–Crippen LogP) is 2.92. The standard InChI is InChI=1S/C21H25N3O3/c1-14-7-5-6-8-17(14)20(25)22-16-9-10-19-18(13-16)24(12-11-23(3)4)21(26)15(2)27-19/h5-10,13,15H,11-12H2,1-4H3,(H,22,25). The van der Waals surface area contributed by atoms with E-state index >= 15 is 0 Å². The Bertz CT molecular complexity index is 864. The second-order valence-electron chi connectivity index (χ2n) is 7.00. The van der Waals surface area contributed by atoms with Gasteiger partial charge in [0.25, 0.3) is 11.8 Å². The zero-order valence-electron chi connectivity index (χ0n) is 16.2. The Morgan fingerprint density at radius 1 is 1.22 bits per heavy atom. The molecule has 0 spiro atoms. The molecule has 142 valence electrons. The normalized spacial score (nSPS) is 16.1. The van der Waals surface area contributed by atoms with E-state index in [1.807, 2.05) is 44.1 Å². The molecule has 0 bridgehead atoms. The molecule has 2 amide bonds. The number of hydrogen-bond donors (Lipinski definition) is 1. The first-order valence-electron chi connectivity index (χ1n) is 9.00. The molecule has 0 radical (unpaired) electrons. The molecule has 0 saturated heterocycles. The number of likely N-dealkylation sites (N-methyl/N-ethyl adjacent to an activating group) is 1. The lowest BCUT2D eigenvalue weighted by Gasteiger charge is -2.34. The van der Waals surface area contributed by atoms with Gasteiger partial charge in [0.05, 0.1) is 5.69 Å². The number of anilines is 2. The van der Waals surface area contributed by atoms with Gasteiger partial charge in [-0.05, 0) is 57.8 Å². The number of amides is 2. The molecule has 1 N–H and O–H groups in total. The fraction of sp³-hybridized carbons (Fsp3) is 0.333. The number of nitrogens with zero attached hydrogens (tertiary/aromatic N) is 2. The monoisotopic (exact) mass is 367 g/mol. The van der Waals surface area contributed by atoms with E-state index in [0.717, 1.165) is 12.1 Å². The van der Waals surface area contributed by atoms with Crippen LogP contribution in [0.2, 0.25) is 0 Å². The maximum Gasteiger partial charge on any atom is 0.267 e. The number of carbonyl (C=O) groups is 2. The van der Waals surface area contributed by atoms with Crippen molar-refractivity contribution in [3.05, 3.63) is 53.6 Å². The van der Waals surface area contributed by atoms with Crippen molar-refractivity contribution in [3.8, 4) is 5.75 Å². The summed E-state index contributed by atoms with van der Waals surface area (Å²) in [4.78, 5) is 28.9. The summed E-state index contributed by atoms with van der Waals surface area (Å²) in [7, 11) is 3.93. The minimum atomic E-state index is -0.521. The second-order valence-corrected chi connectivity index (χ2v) is 7.00. The van der Waals surface area contributed by atoms with Gasteiger partial charge in [-0.25, -0.2) is 0 Å². The summed E-state index contributed by atoms with van der Waals surface area (Å²) in [5, 5.41) is 2.92. The maximum absolute atomic E-state index is 12.6. The van der Waals surface area contributed by atoms with E-state index in [1.54, 1.807) is 36.1 Å². The van der Waals surface area contributed by atoms with Crippen LogP contribution in [0, 0.1) is 6.92 Å². The third kappa shape index (κ3) is 4.11. The van der Waals surface area contributed by atoms with E-state index in [9.17, 15) is 9.59 Å². The first-order valence-corrected chi connectivity index (χ1v) is 9.00. The summed E-state index contributed by atoms with van der Waals surface area (Å²) >= 11 is 0. The molecule has 1 aliphatic rings. The Morgan fingerprint density at radius 2 is 1.96 bits per heavy atom. The predicted molar refractivity (Wildman–Crippen MR) is 107 cm³/mol. The average molecular weight is 367 g/mol. The van der Waals surface area contributed by atoms with Gasteiger partial charge in [-0.2, -0.15) is 0 Å². The van der Waals surface area contributed by atoms with Crippen LogP contribution in [0.3, 0.4) is 0 Å². The highest BCUT2D eigenvalue weighted by molar-refractivity contribution is 6.06. The van der Waals surface area contributed by atoms with Crippen molar-refractivity contribution in [2.24, 2.45) is 0 Å². The van der Waals surface area contributed by atoms with Gasteiger partial charge in [-0.15, -0.1) is 0 Å². The van der Waals surface area contributed by atoms with Crippen LogP contribution in [0.25, 0.3) is 0 Å². The Balaban J connectivity index is 1.87. The van der Waals surface area contributed by atoms with E-state index in [0.29, 0.717) is 29.2 Å². The van der Waals surface area contributed by atoms with Crippen molar-refractivity contribution in [3.63, 3.8) is 0 Å². The number of hydrogen-bond acceptors (Lipinski definition) is 4. The summed E-state index contributed by atoms with van der Waals surface area (Å²) in [6.07, 6.45) is -0.521. The van der Waals surface area contributed by atoms with Gasteiger partial charge < -0.3 is 19.9 Å². The van der Waals surface area contributed by atoms with Crippen LogP contribution in [0.1, 0.15) is 22.8 Å². The van der Waals surface area contributed by atoms with Crippen molar-refractivity contribution < 1.29 is 14.3 Å². The molecule has 0 aromatic heterocycles. The molecule has 6 nitrogen and oxygen atoms in total. The number of ether oxygens (including phenoxy) is 1. The van der Waals surface area contributed by atoms with Gasteiger partial charge in [0.15, 0.2) is 6.10 Å². The zero-order chi connectivity index (χ0) is 19.6. The quantitative estimate of drug-likeness (QED) is 0.883. The smallest absolute Gasteiger partial charge is 0.267 e. The Kier molecular flexibility index (Phi) is 5.46. The number of aryl methyl sites for hydroxylation is 1. The summed E-state index contributed by atoms with van der Waals surface area (Å²) in [5.74, 6) is 0.394. The number of carbonyl (C=O) groups excluding carboxylic acids is 2. The molecule has 0 saturated carbocycles. The molecule has 2 aromatic carbocycles. The van der Waals surface area contributed by atoms with Crippen LogP contribution in [-0.2, 0) is 4.79 Å². The molecule has 27 heavy (non-hydrogen) atoms. The van der Waals surface area contributed by atoms with Crippen LogP contribution in [0.15, 0.2) is 42.5 Å². The second kappa shape index (κ2) is 7.80. The number of rotatable bonds is 5. The van der Waals surface area contributed by atoms with Gasteiger partial charge in [0.1, 0.15) is 5.75 Å². The van der Waals surface area contributed by atoms with E-state index in [-0.39, 0.29) is 11.8 Å². The number of nitrogens with one attached hydrogen (secondary N) is 1. The minimum Gasteiger partial charge on any atom is -0.479 e. The van der Waals surface area contributed by atoms with Crippen molar-refractivity contribution in [2.75, 3.05) is 37.4 Å². The van der Waals surface area contributed by atoms with Crippen LogP contribution in [-0.4, -0.2) is 50.0 Å². The molecular weight excluding hydrogens is 342 g/mol. The molecule has 2 aromatic rings. The first-order chi connectivity index (χ1) is 12.9. The van der Waals surface area contributed by atoms with Gasteiger partial charge in [0, 0.05) is 24.3 Å². The van der Waals surface area contributed by atoms with E-state index < -0.39 is 6.10 Å². The Hall–Kier alpha value is -2.86. The molecule has 1 unspecified atom stereocenters. The number of benzene rings is 2. The highest BCUT2D eigenvalue weighted by Gasteiger charge is 2.31. The van der Waals surface area contributed by atoms with E-state index in [1.165, 1.54) is 0 Å². The summed E-state index contributed by atoms with van der Waals surface area (Å²) in [6, 6.07) is 12.8. The fourth-order valence-corrected chi connectivity index (χ4v) is 3.04. The Labute approximate surface area is 159 Å². The first kappa shape index (κ1) is 18.9. The molecule has 3 rings (SSSR count). The maximum atomic E-state index is 12.6. The molecule has 0 fully saturated rings. The molecule has 0 aliphatic carbocycles. The average Bonchev–Trinajstić information content (AvgIpc) is 2.62. The van der Waals surface area contributed by atoms with Gasteiger partial charge in [-0.3, -0.25) is 9.59 Å². The molecule has 1 heterocycles. The highest BCUT2D eigenvalue weighted by Crippen LogP contribution is 2.36. The summed E-state index contributed by atoms with van der Waals surface area (Å²) in [6.45, 7) is 4.94. The van der Waals surface area contributed by atoms with Gasteiger partial charge in [0.2, 0.25) is 0 Å². The lowest BCUT2D eigenvalue weighted by Crippen LogP contribution is -2.46. The minimum absolute atomic E-state index is 0.0771. The lowest BCUT2D eigenvalue weighted by atomic mass is 10.1. The summed E-state index contributed by atoms with van der Waals surface area (Å²) < 4.78 is 5.73. The highest BCUT2D eigenvalue weighted by atomic mass is 16.5. The topological polar surface area (TPSA) is 61.9 Å². The lowest BCUT2D eigenvalue weighted by molar-refractivity contribution is -0.125. The molecule has 1 aliphatic heterocycles.